The molecule has 4 aliphatic rings. The number of rotatable bonds is 16. The molecule has 2 aliphatic carbocycles. The minimum Gasteiger partial charge on any atom is -0.460 e. The predicted molar refractivity (Wildman–Crippen MR) is 332 cm³/mol. The standard InChI is InChI=1S/C32H37N3O5.C31H34N4O4.C2F6O5S2/c1-20(36)19-33-29(38)22-8-11-26-25(16-22)24-12-15-34(5)30(39)28(24)35(26)23-9-6-21(7-10-23)17-32(13-14-32)18-27(37)40-31(2,3)4;1-19-32-33-28(38-19)21-8-11-25-24(16-21)23-12-15-34(5)29(37)27(23)35(25)22-9-6-20(7-10-22)17-31(13-14-31)18-26(36)39-30(2,3)4;3-1(4,5)14(9,10)13-15(11,12)2(6,7)8/h6-11,16H,12-15,17-19H2,1-5H3,(H,33,38);6-11,16H,12-15,17-18H2,1-5H3;. The van der Waals surface area contributed by atoms with Gasteiger partial charge in [-0.15, -0.1) is 13.8 Å². The minimum atomic E-state index is -6.85. The fourth-order valence-electron chi connectivity index (χ4n) is 11.5. The quantitative estimate of drug-likeness (QED) is 0.0535. The summed E-state index contributed by atoms with van der Waals surface area (Å²) in [5.74, 6) is 0.235. The highest BCUT2D eigenvalue weighted by Gasteiger charge is 2.57. The van der Waals surface area contributed by atoms with Crippen molar-refractivity contribution in [3.63, 3.8) is 0 Å². The molecular formula is C65H71F6N7O14S2. The van der Waals surface area contributed by atoms with Gasteiger partial charge in [0, 0.05) is 67.4 Å². The third-order valence-corrected chi connectivity index (χ3v) is 18.8. The molecule has 2 fully saturated rings. The number of ether oxygens (including phenoxy) is 2. The summed E-state index contributed by atoms with van der Waals surface area (Å²) in [5.41, 5.74) is -2.99. The van der Waals surface area contributed by atoms with E-state index in [1.807, 2.05) is 93.2 Å². The topological polar surface area (TPSA) is 266 Å². The zero-order valence-corrected chi connectivity index (χ0v) is 54.9. The van der Waals surface area contributed by atoms with Gasteiger partial charge in [0.1, 0.15) is 28.4 Å². The van der Waals surface area contributed by atoms with Gasteiger partial charge in [-0.1, -0.05) is 24.3 Å². The predicted octanol–water partition coefficient (Wildman–Crippen LogP) is 11.0. The Labute approximate surface area is 538 Å². The number of halogens is 6. The lowest BCUT2D eigenvalue weighted by atomic mass is 9.93. The molecule has 3 aromatic heterocycles. The number of amides is 3. The Hall–Kier alpha value is -8.44. The molecule has 21 nitrogen and oxygen atoms in total. The Kier molecular flexibility index (Phi) is 19.1. The first-order chi connectivity index (χ1) is 43.6. The molecular weight excluding hydrogens is 1280 g/mol. The number of Topliss-reactive ketones (excluding diaryl/α,β-unsaturated/α-hetero) is 1. The Balaban J connectivity index is 0.000000183. The van der Waals surface area contributed by atoms with E-state index in [4.69, 9.17) is 13.9 Å². The zero-order chi connectivity index (χ0) is 69.1. The van der Waals surface area contributed by atoms with E-state index >= 15 is 0 Å². The summed E-state index contributed by atoms with van der Waals surface area (Å²) in [6.45, 7) is 15.8. The second-order valence-corrected chi connectivity index (χ2v) is 29.6. The van der Waals surface area contributed by atoms with Crippen molar-refractivity contribution >= 4 is 77.5 Å². The van der Waals surface area contributed by atoms with Crippen LogP contribution >= 0.6 is 0 Å². The van der Waals surface area contributed by atoms with Gasteiger partial charge in [0.05, 0.1) is 30.4 Å². The van der Waals surface area contributed by atoms with Crippen molar-refractivity contribution in [2.75, 3.05) is 33.7 Å². The van der Waals surface area contributed by atoms with Crippen LogP contribution in [0.2, 0.25) is 0 Å². The van der Waals surface area contributed by atoms with E-state index in [1.165, 1.54) is 12.5 Å². The van der Waals surface area contributed by atoms with Crippen LogP contribution < -0.4 is 5.32 Å². The number of ketones is 1. The fourth-order valence-corrected chi connectivity index (χ4v) is 13.0. The number of carbonyl (C=O) groups excluding carboxylic acids is 6. The average Bonchev–Trinajstić information content (AvgIpc) is 1.58. The molecule has 0 radical (unpaired) electrons. The van der Waals surface area contributed by atoms with Crippen molar-refractivity contribution in [2.24, 2.45) is 10.8 Å². The highest BCUT2D eigenvalue weighted by molar-refractivity contribution is 8.00. The normalized spacial score (nSPS) is 16.1. The molecule has 0 bridgehead atoms. The number of benzene rings is 4. The molecule has 0 atom stereocenters. The third-order valence-electron chi connectivity index (χ3n) is 16.3. The lowest BCUT2D eigenvalue weighted by Gasteiger charge is -2.24. The first-order valence-corrected chi connectivity index (χ1v) is 32.8. The van der Waals surface area contributed by atoms with Crippen molar-refractivity contribution in [3.8, 4) is 22.8 Å². The van der Waals surface area contributed by atoms with Gasteiger partial charge in [-0.3, -0.25) is 28.8 Å². The highest BCUT2D eigenvalue weighted by atomic mass is 32.3. The fraction of sp³-hybridized carbons (Fsp3) is 0.446. The molecule has 5 heterocycles. The van der Waals surface area contributed by atoms with Crippen LogP contribution in [0.3, 0.4) is 0 Å². The van der Waals surface area contributed by atoms with Gasteiger partial charge < -0.3 is 38.1 Å². The molecule has 11 rings (SSSR count). The van der Waals surface area contributed by atoms with Crippen molar-refractivity contribution in [2.45, 2.75) is 142 Å². The van der Waals surface area contributed by atoms with E-state index in [0.717, 1.165) is 100 Å². The third kappa shape index (κ3) is 15.9. The summed E-state index contributed by atoms with van der Waals surface area (Å²) in [5, 5.41) is 12.7. The molecule has 0 spiro atoms. The molecule has 504 valence electrons. The molecule has 29 heteroatoms. The Morgan fingerprint density at radius 1 is 0.606 bits per heavy atom. The summed E-state index contributed by atoms with van der Waals surface area (Å²) >= 11 is 0. The van der Waals surface area contributed by atoms with Crippen molar-refractivity contribution in [3.05, 3.63) is 130 Å². The number of aromatic nitrogens is 4. The molecule has 1 N–H and O–H groups in total. The van der Waals surface area contributed by atoms with Crippen molar-refractivity contribution in [1.82, 2.24) is 34.4 Å². The zero-order valence-electron chi connectivity index (χ0n) is 53.3. The van der Waals surface area contributed by atoms with Crippen LogP contribution in [0.1, 0.15) is 146 Å². The molecule has 7 aromatic rings. The van der Waals surface area contributed by atoms with Crippen LogP contribution in [-0.4, -0.2) is 137 Å². The first-order valence-electron chi connectivity index (χ1n) is 30.0. The van der Waals surface area contributed by atoms with E-state index in [9.17, 15) is 71.9 Å². The number of nitrogens with one attached hydrogen (secondary N) is 1. The van der Waals surface area contributed by atoms with E-state index in [1.54, 1.807) is 29.8 Å². The number of alkyl halides is 6. The van der Waals surface area contributed by atoms with Crippen LogP contribution in [0.25, 0.3) is 44.6 Å². The number of aryl methyl sites for hydroxylation is 1. The Morgan fingerprint density at radius 2 is 1.02 bits per heavy atom. The molecule has 2 saturated carbocycles. The number of carbonyl (C=O) groups is 6. The van der Waals surface area contributed by atoms with Gasteiger partial charge in [0.2, 0.25) is 11.8 Å². The summed E-state index contributed by atoms with van der Waals surface area (Å²) in [7, 11) is -10.0. The molecule has 2 aliphatic heterocycles. The van der Waals surface area contributed by atoms with Crippen molar-refractivity contribution < 1.29 is 89.5 Å². The summed E-state index contributed by atoms with van der Waals surface area (Å²) < 4.78 is 131. The van der Waals surface area contributed by atoms with Gasteiger partial charge in [-0.05, 0) is 194 Å². The second kappa shape index (κ2) is 25.7. The highest BCUT2D eigenvalue weighted by Crippen LogP contribution is 2.53. The smallest absolute Gasteiger partial charge is 0.460 e. The largest absolute Gasteiger partial charge is 0.524 e. The molecule has 0 saturated heterocycles. The van der Waals surface area contributed by atoms with Crippen LogP contribution in [0.5, 0.6) is 0 Å². The van der Waals surface area contributed by atoms with Crippen LogP contribution in [0, 0.1) is 17.8 Å². The first kappa shape index (κ1) is 69.9. The van der Waals surface area contributed by atoms with Crippen LogP contribution in [0.15, 0.2) is 89.3 Å². The Bertz CT molecular complexity index is 4320. The number of fused-ring (bicyclic) bond motifs is 6. The summed E-state index contributed by atoms with van der Waals surface area (Å²) in [4.78, 5) is 79.2. The van der Waals surface area contributed by atoms with Crippen LogP contribution in [-0.2, 0) is 73.4 Å². The SMILES string of the molecule is CC(=O)CNC(=O)c1ccc2c(c1)c1c(n2-c2ccc(CC3(CC(=O)OC(C)(C)C)CC3)cc2)C(=O)N(C)CC1.Cc1nnc(-c2ccc3c(c2)c2c(n3-c3ccc(CC4(CC(=O)OC(C)(C)C)CC4)cc3)C(=O)N(C)CC2)o1.O=S(=O)(OS(=O)(=O)C(F)(F)F)C(F)(F)F. The van der Waals surface area contributed by atoms with E-state index in [-0.39, 0.29) is 52.8 Å². The minimum absolute atomic E-state index is 0.00859. The van der Waals surface area contributed by atoms with Crippen molar-refractivity contribution in [1.29, 1.82) is 0 Å². The number of likely N-dealkylation sites (N-methyl/N-ethyl adjacent to an activating group) is 2. The number of esters is 2. The number of nitrogens with zero attached hydrogens (tertiary/aromatic N) is 6. The van der Waals surface area contributed by atoms with Gasteiger partial charge in [-0.25, -0.2) is 0 Å². The van der Waals surface area contributed by atoms with E-state index < -0.39 is 42.5 Å². The maximum absolute atomic E-state index is 13.4. The maximum atomic E-state index is 13.4. The van der Waals surface area contributed by atoms with Gasteiger partial charge >= 0.3 is 43.2 Å². The number of hydrogen-bond acceptors (Lipinski definition) is 16. The molecule has 4 aromatic carbocycles. The van der Waals surface area contributed by atoms with Gasteiger partial charge in [-0.2, -0.15) is 43.2 Å². The van der Waals surface area contributed by atoms with Gasteiger partial charge in [0.15, 0.2) is 0 Å². The molecule has 94 heavy (non-hydrogen) atoms. The Morgan fingerprint density at radius 3 is 1.39 bits per heavy atom. The lowest BCUT2D eigenvalue weighted by Crippen LogP contribution is -2.35. The number of hydrogen-bond donors (Lipinski definition) is 1. The van der Waals surface area contributed by atoms with Gasteiger partial charge in [0.25, 0.3) is 17.7 Å². The summed E-state index contributed by atoms with van der Waals surface area (Å²) in [6, 6.07) is 28.1. The average molecular weight is 1350 g/mol. The second-order valence-electron chi connectivity index (χ2n) is 26.3. The monoisotopic (exact) mass is 1350 g/mol. The van der Waals surface area contributed by atoms with E-state index in [2.05, 4.69) is 62.5 Å². The lowest BCUT2D eigenvalue weighted by molar-refractivity contribution is -0.157. The molecule has 0 unspecified atom stereocenters. The summed E-state index contributed by atoms with van der Waals surface area (Å²) in [6.07, 6.45) is 8.06. The van der Waals surface area contributed by atoms with Crippen LogP contribution in [0.4, 0.5) is 26.3 Å². The molecule has 3 amide bonds. The van der Waals surface area contributed by atoms with E-state index in [0.29, 0.717) is 61.1 Å². The maximum Gasteiger partial charge on any atom is 0.524 e.